The summed E-state index contributed by atoms with van der Waals surface area (Å²) >= 11 is 0. The molecule has 0 saturated carbocycles. The molecule has 1 saturated heterocycles. The molecule has 1 atom stereocenters. The van der Waals surface area contributed by atoms with Gasteiger partial charge in [0.15, 0.2) is 0 Å². The number of carbonyl (C=O) groups excluding carboxylic acids is 2. The van der Waals surface area contributed by atoms with E-state index in [-0.39, 0.29) is 17.9 Å². The van der Waals surface area contributed by atoms with E-state index in [0.29, 0.717) is 6.61 Å². The van der Waals surface area contributed by atoms with Gasteiger partial charge in [-0.25, -0.2) is 9.69 Å². The minimum absolute atomic E-state index is 0.134. The molecule has 0 aromatic heterocycles. The van der Waals surface area contributed by atoms with Crippen LogP contribution in [0.5, 0.6) is 0 Å². The van der Waals surface area contributed by atoms with E-state index in [0.717, 1.165) is 19.3 Å². The van der Waals surface area contributed by atoms with Crippen LogP contribution < -0.4 is 0 Å². The summed E-state index contributed by atoms with van der Waals surface area (Å²) in [4.78, 5) is 24.7. The van der Waals surface area contributed by atoms with Gasteiger partial charge in [-0.15, -0.1) is 0 Å². The van der Waals surface area contributed by atoms with Crippen molar-refractivity contribution < 1.29 is 14.3 Å². The lowest BCUT2D eigenvalue weighted by Crippen LogP contribution is -2.40. The predicted octanol–water partition coefficient (Wildman–Crippen LogP) is 3.13. The van der Waals surface area contributed by atoms with Crippen LogP contribution in [0.1, 0.15) is 46.5 Å². The fraction of sp³-hybridized carbons (Fsp3) is 0.714. The van der Waals surface area contributed by atoms with Gasteiger partial charge in [0.2, 0.25) is 0 Å². The van der Waals surface area contributed by atoms with Gasteiger partial charge in [0, 0.05) is 0 Å². The molecule has 102 valence electrons. The first kappa shape index (κ1) is 14.7. The molecule has 0 N–H and O–H groups in total. The molecule has 4 heteroatoms. The predicted molar refractivity (Wildman–Crippen MR) is 70.1 cm³/mol. The third-order valence-corrected chi connectivity index (χ3v) is 3.15. The summed E-state index contributed by atoms with van der Waals surface area (Å²) < 4.78 is 4.94. The molecule has 1 fully saturated rings. The highest BCUT2D eigenvalue weighted by molar-refractivity contribution is 5.99. The second-order valence-electron chi connectivity index (χ2n) is 4.99. The fourth-order valence-corrected chi connectivity index (χ4v) is 1.96. The third kappa shape index (κ3) is 3.86. The smallest absolute Gasteiger partial charge is 0.417 e. The quantitative estimate of drug-likeness (QED) is 0.539. The Balaban J connectivity index is 2.51. The first-order valence-electron chi connectivity index (χ1n) is 6.74. The van der Waals surface area contributed by atoms with Gasteiger partial charge >= 0.3 is 6.09 Å². The molecule has 1 rings (SSSR count). The second-order valence-corrected chi connectivity index (χ2v) is 4.99. The Morgan fingerprint density at radius 2 is 2.22 bits per heavy atom. The van der Waals surface area contributed by atoms with Crippen LogP contribution in [0, 0.1) is 5.92 Å². The maximum absolute atomic E-state index is 11.9. The molecule has 1 heterocycles. The minimum atomic E-state index is -0.517. The van der Waals surface area contributed by atoms with Crippen molar-refractivity contribution in [1.82, 2.24) is 4.90 Å². The summed E-state index contributed by atoms with van der Waals surface area (Å²) in [5.41, 5.74) is 0. The van der Waals surface area contributed by atoms with Crippen molar-refractivity contribution in [2.24, 2.45) is 5.92 Å². The molecule has 4 nitrogen and oxygen atoms in total. The van der Waals surface area contributed by atoms with Crippen molar-refractivity contribution in [2.75, 3.05) is 6.61 Å². The molecule has 0 unspecified atom stereocenters. The molecule has 0 radical (unpaired) electrons. The number of amides is 2. The van der Waals surface area contributed by atoms with Gasteiger partial charge in [-0.1, -0.05) is 39.7 Å². The summed E-state index contributed by atoms with van der Waals surface area (Å²) in [6, 6.07) is -0.134. The van der Waals surface area contributed by atoms with Crippen LogP contribution in [0.25, 0.3) is 0 Å². The van der Waals surface area contributed by atoms with Gasteiger partial charge in [-0.05, 0) is 24.8 Å². The maximum atomic E-state index is 11.9. The number of rotatable bonds is 6. The summed E-state index contributed by atoms with van der Waals surface area (Å²) in [5.74, 6) is -0.0402. The topological polar surface area (TPSA) is 46.6 Å². The number of cyclic esters (lactones) is 1. The Morgan fingerprint density at radius 3 is 2.83 bits per heavy atom. The fourth-order valence-electron chi connectivity index (χ4n) is 1.96. The van der Waals surface area contributed by atoms with Gasteiger partial charge in [-0.3, -0.25) is 4.79 Å². The number of imide groups is 1. The summed E-state index contributed by atoms with van der Waals surface area (Å²) in [5, 5.41) is 0. The average molecular weight is 253 g/mol. The molecule has 0 bridgehead atoms. The number of unbranched alkanes of at least 4 members (excludes halogenated alkanes) is 3. The molecule has 2 amide bonds. The van der Waals surface area contributed by atoms with Crippen LogP contribution in [-0.4, -0.2) is 29.5 Å². The van der Waals surface area contributed by atoms with Crippen molar-refractivity contribution in [1.29, 1.82) is 0 Å². The maximum Gasteiger partial charge on any atom is 0.417 e. The Morgan fingerprint density at radius 1 is 1.50 bits per heavy atom. The molecular weight excluding hydrogens is 230 g/mol. The van der Waals surface area contributed by atoms with E-state index in [1.54, 1.807) is 0 Å². The zero-order chi connectivity index (χ0) is 13.5. The van der Waals surface area contributed by atoms with Crippen molar-refractivity contribution in [2.45, 2.75) is 52.5 Å². The van der Waals surface area contributed by atoms with Crippen molar-refractivity contribution in [3.05, 3.63) is 12.2 Å². The highest BCUT2D eigenvalue weighted by Crippen LogP contribution is 2.19. The number of nitrogens with zero attached hydrogens (tertiary/aromatic N) is 1. The van der Waals surface area contributed by atoms with E-state index < -0.39 is 6.09 Å². The van der Waals surface area contributed by atoms with Crippen molar-refractivity contribution >= 4 is 12.0 Å². The van der Waals surface area contributed by atoms with Crippen LogP contribution >= 0.6 is 0 Å². The molecule has 0 aromatic carbocycles. The highest BCUT2D eigenvalue weighted by Gasteiger charge is 2.38. The van der Waals surface area contributed by atoms with Gasteiger partial charge in [0.1, 0.15) is 6.61 Å². The van der Waals surface area contributed by atoms with Crippen LogP contribution in [0.4, 0.5) is 4.79 Å². The zero-order valence-electron chi connectivity index (χ0n) is 11.5. The molecule has 1 aliphatic rings. The molecule has 0 aliphatic carbocycles. The van der Waals surface area contributed by atoms with Crippen LogP contribution in [0.3, 0.4) is 0 Å². The number of hydrogen-bond acceptors (Lipinski definition) is 3. The van der Waals surface area contributed by atoms with E-state index in [4.69, 9.17) is 4.74 Å². The van der Waals surface area contributed by atoms with Crippen molar-refractivity contribution in [3.63, 3.8) is 0 Å². The highest BCUT2D eigenvalue weighted by atomic mass is 16.6. The first-order valence-corrected chi connectivity index (χ1v) is 6.74. The Kier molecular flexibility index (Phi) is 5.89. The van der Waals surface area contributed by atoms with Crippen molar-refractivity contribution in [3.8, 4) is 0 Å². The van der Waals surface area contributed by atoms with E-state index in [1.807, 2.05) is 19.9 Å². The Bertz CT molecular complexity index is 323. The largest absolute Gasteiger partial charge is 0.447 e. The standard InChI is InChI=1S/C14H23NO3/c1-4-5-6-7-8-9-13(16)15-12(11(2)3)10-18-14(15)17/h8-9,11-12H,4-7,10H2,1-3H3/t12-/m1/s1. The first-order chi connectivity index (χ1) is 8.57. The lowest BCUT2D eigenvalue weighted by molar-refractivity contribution is -0.124. The van der Waals surface area contributed by atoms with Crippen LogP contribution in [0.2, 0.25) is 0 Å². The third-order valence-electron chi connectivity index (χ3n) is 3.15. The lowest BCUT2D eigenvalue weighted by Gasteiger charge is -2.20. The summed E-state index contributed by atoms with van der Waals surface area (Å²) in [6.45, 7) is 6.42. The SMILES string of the molecule is CCCCCC=CC(=O)N1C(=O)OC[C@@H]1C(C)C. The molecule has 18 heavy (non-hydrogen) atoms. The average Bonchev–Trinajstić information content (AvgIpc) is 2.71. The van der Waals surface area contributed by atoms with Crippen LogP contribution in [-0.2, 0) is 9.53 Å². The van der Waals surface area contributed by atoms with Crippen LogP contribution in [0.15, 0.2) is 12.2 Å². The molecule has 0 aromatic rings. The van der Waals surface area contributed by atoms with E-state index in [2.05, 4.69) is 6.92 Å². The second kappa shape index (κ2) is 7.19. The van der Waals surface area contributed by atoms with E-state index >= 15 is 0 Å². The lowest BCUT2D eigenvalue weighted by atomic mass is 10.0. The summed E-state index contributed by atoms with van der Waals surface area (Å²) in [6.07, 6.45) is 7.12. The Labute approximate surface area is 109 Å². The van der Waals surface area contributed by atoms with E-state index in [9.17, 15) is 9.59 Å². The normalized spacial score (nSPS) is 19.9. The van der Waals surface area contributed by atoms with Gasteiger partial charge in [-0.2, -0.15) is 0 Å². The number of carbonyl (C=O) groups is 2. The molecule has 1 aliphatic heterocycles. The zero-order valence-corrected chi connectivity index (χ0v) is 11.5. The summed E-state index contributed by atoms with van der Waals surface area (Å²) in [7, 11) is 0. The molecular formula is C14H23NO3. The van der Waals surface area contributed by atoms with Gasteiger partial charge in [0.25, 0.3) is 5.91 Å². The minimum Gasteiger partial charge on any atom is -0.447 e. The Hall–Kier alpha value is -1.32. The monoisotopic (exact) mass is 253 g/mol. The van der Waals surface area contributed by atoms with Gasteiger partial charge < -0.3 is 4.74 Å². The van der Waals surface area contributed by atoms with E-state index in [1.165, 1.54) is 17.4 Å². The number of allylic oxidation sites excluding steroid dienone is 1. The number of ether oxygens (including phenoxy) is 1. The number of hydrogen-bond donors (Lipinski definition) is 0. The molecule has 0 spiro atoms. The van der Waals surface area contributed by atoms with Gasteiger partial charge in [0.05, 0.1) is 6.04 Å².